The Kier molecular flexibility index (Phi) is 10.9. The Balaban J connectivity index is 0. The molecule has 5 nitrogen and oxygen atoms in total. The van der Waals surface area contributed by atoms with E-state index in [1.54, 1.807) is 6.92 Å². The molecule has 0 aliphatic carbocycles. The maximum atomic E-state index is 10.9. The maximum absolute atomic E-state index is 10.9. The second-order valence-corrected chi connectivity index (χ2v) is 5.12. The van der Waals surface area contributed by atoms with Gasteiger partial charge < -0.3 is 9.29 Å². The summed E-state index contributed by atoms with van der Waals surface area (Å²) in [7, 11) is -4.09. The summed E-state index contributed by atoms with van der Waals surface area (Å²) in [5.41, 5.74) is 0.359. The zero-order valence-corrected chi connectivity index (χ0v) is 11.2. The van der Waals surface area contributed by atoms with Gasteiger partial charge in [-0.2, -0.15) is 0 Å². The van der Waals surface area contributed by atoms with Gasteiger partial charge in [-0.15, -0.1) is 0 Å². The minimum atomic E-state index is -4.09. The minimum Gasteiger partial charge on any atom is -0.748 e. The third-order valence-corrected chi connectivity index (χ3v) is 2.66. The second-order valence-electron chi connectivity index (χ2n) is 3.59. The summed E-state index contributed by atoms with van der Waals surface area (Å²) in [6, 6.07) is 0. The molecule has 7 heteroatoms. The fourth-order valence-electron chi connectivity index (χ4n) is 1.02. The van der Waals surface area contributed by atoms with Crippen molar-refractivity contribution in [3.05, 3.63) is 12.2 Å². The molecule has 0 saturated carbocycles. The van der Waals surface area contributed by atoms with Crippen molar-refractivity contribution in [2.24, 2.45) is 0 Å². The molecule has 0 amide bonds. The van der Waals surface area contributed by atoms with E-state index in [1.807, 2.05) is 0 Å². The van der Waals surface area contributed by atoms with Gasteiger partial charge in [0.2, 0.25) is 0 Å². The average molecular weight is 256 g/mol. The Morgan fingerprint density at radius 1 is 1.24 bits per heavy atom. The summed E-state index contributed by atoms with van der Waals surface area (Å²) in [5, 5.41) is 0. The van der Waals surface area contributed by atoms with Crippen LogP contribution in [-0.2, 0) is 19.6 Å². The first kappa shape index (κ1) is 19.1. The van der Waals surface area contributed by atoms with E-state index in [0.717, 1.165) is 6.42 Å². The van der Waals surface area contributed by atoms with Crippen molar-refractivity contribution in [3.63, 3.8) is 0 Å². The summed E-state index contributed by atoms with van der Waals surface area (Å²) >= 11 is 0. The Hall–Kier alpha value is -0.283. The summed E-state index contributed by atoms with van der Waals surface area (Å²) in [4.78, 5) is 10.9. The summed E-state index contributed by atoms with van der Waals surface area (Å²) in [5.74, 6) is -0.736. The van der Waals surface area contributed by atoms with E-state index in [1.165, 1.54) is 0 Å². The average Bonchev–Trinajstić information content (AvgIpc) is 2.14. The van der Waals surface area contributed by atoms with E-state index in [9.17, 15) is 17.8 Å². The van der Waals surface area contributed by atoms with Crippen molar-refractivity contribution in [1.82, 2.24) is 0 Å². The summed E-state index contributed by atoms with van der Waals surface area (Å²) in [6.07, 6.45) is 2.41. The molecule has 0 heterocycles. The van der Waals surface area contributed by atoms with Crippen LogP contribution in [0.5, 0.6) is 0 Å². The molecule has 0 radical (unpaired) electrons. The predicted octanol–water partition coefficient (Wildman–Crippen LogP) is -1.78. The third kappa shape index (κ3) is 13.7. The number of hydrogen-bond acceptors (Lipinski definition) is 5. The molecule has 0 aromatic heterocycles. The van der Waals surface area contributed by atoms with Gasteiger partial charge in [0.25, 0.3) is 0 Å². The number of ether oxygens (including phenoxy) is 1. The monoisotopic (exact) mass is 256 g/mol. The molecule has 0 unspecified atom stereocenters. The molecule has 0 aliphatic rings. The molecule has 0 atom stereocenters. The van der Waals surface area contributed by atoms with Gasteiger partial charge >= 0.3 is 24.8 Å². The Bertz CT molecular complexity index is 337. The fourth-order valence-corrected chi connectivity index (χ4v) is 1.58. The van der Waals surface area contributed by atoms with Gasteiger partial charge in [0.1, 0.15) is 0 Å². The van der Waals surface area contributed by atoms with Crippen LogP contribution in [0.2, 0.25) is 0 Å². The van der Waals surface area contributed by atoms with Crippen LogP contribution in [-0.4, -0.2) is 31.3 Å². The van der Waals surface area contributed by atoms with Crippen molar-refractivity contribution >= 4 is 16.1 Å². The minimum absolute atomic E-state index is 0. The zero-order valence-electron chi connectivity index (χ0n) is 10.4. The van der Waals surface area contributed by atoms with E-state index in [2.05, 4.69) is 6.58 Å². The fraction of sp³-hybridized carbons (Fsp3) is 0.700. The van der Waals surface area contributed by atoms with Crippen molar-refractivity contribution in [2.75, 3.05) is 12.4 Å². The quantitative estimate of drug-likeness (QED) is 0.168. The topological polar surface area (TPSA) is 83.5 Å². The van der Waals surface area contributed by atoms with Crippen LogP contribution in [0.3, 0.4) is 0 Å². The first-order valence-corrected chi connectivity index (χ1v) is 6.67. The van der Waals surface area contributed by atoms with Gasteiger partial charge in [-0.25, -0.2) is 13.2 Å². The largest absolute Gasteiger partial charge is 1.00 e. The van der Waals surface area contributed by atoms with E-state index in [4.69, 9.17) is 4.74 Å². The van der Waals surface area contributed by atoms with Crippen LogP contribution in [0, 0.1) is 0 Å². The molecule has 0 spiro atoms. The van der Waals surface area contributed by atoms with Gasteiger partial charge in [-0.3, -0.25) is 0 Å². The Morgan fingerprint density at radius 2 is 1.76 bits per heavy atom. The first-order chi connectivity index (χ1) is 7.33. The molecule has 0 aromatic carbocycles. The number of rotatable bonds is 8. The van der Waals surface area contributed by atoms with Gasteiger partial charge in [0.05, 0.1) is 16.7 Å². The van der Waals surface area contributed by atoms with Crippen LogP contribution in [0.1, 0.15) is 32.6 Å². The second kappa shape index (κ2) is 9.72. The third-order valence-electron chi connectivity index (χ3n) is 1.87. The van der Waals surface area contributed by atoms with E-state index in [-0.39, 0.29) is 24.6 Å². The van der Waals surface area contributed by atoms with Crippen LogP contribution < -0.4 is 18.9 Å². The van der Waals surface area contributed by atoms with E-state index >= 15 is 0 Å². The SMILES string of the molecule is C=C(C)C(=O)OCCCCCCS(=O)(=O)[O-].[Li+]. The molecule has 94 valence electrons. The molecule has 0 N–H and O–H groups in total. The van der Waals surface area contributed by atoms with E-state index < -0.39 is 16.1 Å². The normalized spacial score (nSPS) is 10.5. The number of carbonyl (C=O) groups excluding carboxylic acids is 1. The Morgan fingerprint density at radius 3 is 2.24 bits per heavy atom. The molecule has 0 fully saturated rings. The molecule has 0 rings (SSSR count). The van der Waals surface area contributed by atoms with Gasteiger partial charge in [-0.05, 0) is 19.8 Å². The maximum Gasteiger partial charge on any atom is 1.00 e. The molecule has 17 heavy (non-hydrogen) atoms. The van der Waals surface area contributed by atoms with E-state index in [0.29, 0.717) is 31.4 Å². The van der Waals surface area contributed by atoms with Gasteiger partial charge in [0, 0.05) is 11.3 Å². The number of hydrogen-bond donors (Lipinski definition) is 0. The zero-order chi connectivity index (χ0) is 12.6. The van der Waals surface area contributed by atoms with Crippen molar-refractivity contribution < 1.29 is 41.4 Å². The van der Waals surface area contributed by atoms with Crippen LogP contribution >= 0.6 is 0 Å². The molecule has 0 saturated heterocycles. The Labute approximate surface area is 115 Å². The van der Waals surface area contributed by atoms with Gasteiger partial charge in [0.15, 0.2) is 0 Å². The standard InChI is InChI=1S/C10H18O5S.Li/c1-9(2)10(11)15-7-5-3-4-6-8-16(12,13)14;/h1,3-8H2,2H3,(H,12,13,14);/q;+1/p-1. The predicted molar refractivity (Wildman–Crippen MR) is 58.8 cm³/mol. The van der Waals surface area contributed by atoms with Gasteiger partial charge in [-0.1, -0.05) is 19.4 Å². The molecular formula is C10H17LiO5S. The van der Waals surface area contributed by atoms with Crippen LogP contribution in [0.4, 0.5) is 0 Å². The first-order valence-electron chi connectivity index (χ1n) is 5.09. The number of carbonyl (C=O) groups is 1. The smallest absolute Gasteiger partial charge is 0.748 e. The van der Waals surface area contributed by atoms with Crippen LogP contribution in [0.15, 0.2) is 12.2 Å². The van der Waals surface area contributed by atoms with Crippen LogP contribution in [0.25, 0.3) is 0 Å². The molecule has 0 bridgehead atoms. The van der Waals surface area contributed by atoms with Crippen molar-refractivity contribution in [2.45, 2.75) is 32.6 Å². The molecule has 0 aromatic rings. The number of unbranched alkanes of at least 4 members (excludes halogenated alkanes) is 3. The molecular weight excluding hydrogens is 239 g/mol. The summed E-state index contributed by atoms with van der Waals surface area (Å²) in [6.45, 7) is 5.31. The number of esters is 1. The van der Waals surface area contributed by atoms with Crippen molar-refractivity contribution in [3.8, 4) is 0 Å². The molecule has 0 aliphatic heterocycles. The van der Waals surface area contributed by atoms with Crippen molar-refractivity contribution in [1.29, 1.82) is 0 Å². The summed E-state index contributed by atoms with van der Waals surface area (Å²) < 4.78 is 35.6.